The molecule has 0 N–H and O–H groups in total. The van der Waals surface area contributed by atoms with Crippen LogP contribution in [-0.2, 0) is 28.6 Å². The maximum Gasteiger partial charge on any atom is 0.306 e. The van der Waals surface area contributed by atoms with Gasteiger partial charge in [0, 0.05) is 19.3 Å². The zero-order chi connectivity index (χ0) is 45.4. The molecule has 0 amide bonds. The standard InChI is InChI=1S/C56H108O6/c1-6-7-8-9-10-11-12-13-14-17-20-26-31-36-41-46-54(57)60-49-53(50-61-55(58)47-42-37-32-27-23-22-25-30-35-40-45-52(4)5)62-56(59)48-43-38-33-28-21-18-15-16-19-24-29-34-39-44-51(2)3/h51-53H,6-50H2,1-5H3/t53-/m1/s1. The molecule has 0 aromatic carbocycles. The highest BCUT2D eigenvalue weighted by Gasteiger charge is 2.19. The molecule has 0 saturated carbocycles. The zero-order valence-electron chi connectivity index (χ0n) is 42.5. The van der Waals surface area contributed by atoms with E-state index in [1.807, 2.05) is 0 Å². The molecule has 0 aromatic rings. The van der Waals surface area contributed by atoms with E-state index in [1.165, 1.54) is 199 Å². The van der Waals surface area contributed by atoms with Gasteiger partial charge in [0.15, 0.2) is 6.10 Å². The summed E-state index contributed by atoms with van der Waals surface area (Å²) in [4.78, 5) is 38.1. The summed E-state index contributed by atoms with van der Waals surface area (Å²) in [5, 5.41) is 0. The van der Waals surface area contributed by atoms with Gasteiger partial charge in [-0.05, 0) is 31.1 Å². The largest absolute Gasteiger partial charge is 0.462 e. The lowest BCUT2D eigenvalue weighted by molar-refractivity contribution is -0.167. The fourth-order valence-electron chi connectivity index (χ4n) is 8.52. The Morgan fingerprint density at radius 2 is 0.532 bits per heavy atom. The van der Waals surface area contributed by atoms with E-state index in [4.69, 9.17) is 14.2 Å². The molecule has 368 valence electrons. The van der Waals surface area contributed by atoms with Gasteiger partial charge in [0.05, 0.1) is 0 Å². The molecule has 62 heavy (non-hydrogen) atoms. The highest BCUT2D eigenvalue weighted by Crippen LogP contribution is 2.18. The fourth-order valence-corrected chi connectivity index (χ4v) is 8.52. The van der Waals surface area contributed by atoms with Crippen molar-refractivity contribution in [3.05, 3.63) is 0 Å². The Labute approximate surface area is 387 Å². The summed E-state index contributed by atoms with van der Waals surface area (Å²) in [5.41, 5.74) is 0. The summed E-state index contributed by atoms with van der Waals surface area (Å²) in [6.07, 6.45) is 50.9. The van der Waals surface area contributed by atoms with E-state index in [9.17, 15) is 14.4 Å². The summed E-state index contributed by atoms with van der Waals surface area (Å²) in [5.74, 6) is 0.814. The summed E-state index contributed by atoms with van der Waals surface area (Å²) >= 11 is 0. The predicted molar refractivity (Wildman–Crippen MR) is 266 cm³/mol. The van der Waals surface area contributed by atoms with Crippen LogP contribution in [0.5, 0.6) is 0 Å². The Morgan fingerprint density at radius 1 is 0.306 bits per heavy atom. The first-order valence-electron chi connectivity index (χ1n) is 27.7. The molecular weight excluding hydrogens is 769 g/mol. The summed E-state index contributed by atoms with van der Waals surface area (Å²) in [7, 11) is 0. The van der Waals surface area contributed by atoms with Gasteiger partial charge < -0.3 is 14.2 Å². The molecule has 6 heteroatoms. The third-order valence-corrected chi connectivity index (χ3v) is 12.7. The van der Waals surface area contributed by atoms with Crippen LogP contribution in [0.25, 0.3) is 0 Å². The molecule has 0 aliphatic carbocycles. The van der Waals surface area contributed by atoms with Crippen molar-refractivity contribution in [3.8, 4) is 0 Å². The summed E-state index contributed by atoms with van der Waals surface area (Å²) in [6, 6.07) is 0. The van der Waals surface area contributed by atoms with Crippen LogP contribution in [-0.4, -0.2) is 37.2 Å². The topological polar surface area (TPSA) is 78.9 Å². The van der Waals surface area contributed by atoms with Gasteiger partial charge in [-0.1, -0.05) is 272 Å². The molecule has 0 bridgehead atoms. The molecule has 0 aliphatic heterocycles. The first-order valence-corrected chi connectivity index (χ1v) is 27.7. The highest BCUT2D eigenvalue weighted by molar-refractivity contribution is 5.71. The van der Waals surface area contributed by atoms with Crippen molar-refractivity contribution in [1.29, 1.82) is 0 Å². The zero-order valence-corrected chi connectivity index (χ0v) is 42.5. The van der Waals surface area contributed by atoms with E-state index < -0.39 is 6.10 Å². The van der Waals surface area contributed by atoms with Crippen LogP contribution in [0.3, 0.4) is 0 Å². The molecule has 6 nitrogen and oxygen atoms in total. The fraction of sp³-hybridized carbons (Fsp3) is 0.946. The van der Waals surface area contributed by atoms with E-state index in [0.29, 0.717) is 19.3 Å². The molecule has 0 fully saturated rings. The van der Waals surface area contributed by atoms with Crippen LogP contribution in [0, 0.1) is 11.8 Å². The lowest BCUT2D eigenvalue weighted by Gasteiger charge is -2.18. The smallest absolute Gasteiger partial charge is 0.306 e. The van der Waals surface area contributed by atoms with Crippen molar-refractivity contribution in [3.63, 3.8) is 0 Å². The van der Waals surface area contributed by atoms with Gasteiger partial charge >= 0.3 is 17.9 Å². The minimum Gasteiger partial charge on any atom is -0.462 e. The molecule has 0 radical (unpaired) electrons. The normalized spacial score (nSPS) is 12.0. The predicted octanol–water partition coefficient (Wildman–Crippen LogP) is 18.1. The van der Waals surface area contributed by atoms with Gasteiger partial charge in [0.2, 0.25) is 0 Å². The Kier molecular flexibility index (Phi) is 47.6. The number of unbranched alkanes of at least 4 members (excludes halogenated alkanes) is 35. The van der Waals surface area contributed by atoms with Gasteiger partial charge in [0.25, 0.3) is 0 Å². The van der Waals surface area contributed by atoms with Crippen LogP contribution in [0.2, 0.25) is 0 Å². The van der Waals surface area contributed by atoms with E-state index in [2.05, 4.69) is 34.6 Å². The van der Waals surface area contributed by atoms with Gasteiger partial charge in [0.1, 0.15) is 13.2 Å². The second-order valence-electron chi connectivity index (χ2n) is 20.2. The Balaban J connectivity index is 4.31. The highest BCUT2D eigenvalue weighted by atomic mass is 16.6. The Morgan fingerprint density at radius 3 is 0.790 bits per heavy atom. The van der Waals surface area contributed by atoms with Crippen molar-refractivity contribution in [1.82, 2.24) is 0 Å². The summed E-state index contributed by atoms with van der Waals surface area (Å²) in [6.45, 7) is 11.4. The molecule has 0 spiro atoms. The van der Waals surface area contributed by atoms with Crippen molar-refractivity contribution in [2.45, 2.75) is 317 Å². The number of rotatable bonds is 50. The number of carbonyl (C=O) groups excluding carboxylic acids is 3. The molecule has 0 aromatic heterocycles. The van der Waals surface area contributed by atoms with E-state index >= 15 is 0 Å². The van der Waals surface area contributed by atoms with Gasteiger partial charge in [-0.25, -0.2) is 0 Å². The van der Waals surface area contributed by atoms with Gasteiger partial charge in [-0.2, -0.15) is 0 Å². The molecule has 0 saturated heterocycles. The number of hydrogen-bond acceptors (Lipinski definition) is 6. The number of ether oxygens (including phenoxy) is 3. The van der Waals surface area contributed by atoms with Crippen molar-refractivity contribution in [2.75, 3.05) is 13.2 Å². The molecule has 1 atom stereocenters. The third kappa shape index (κ3) is 49.4. The molecule has 0 heterocycles. The first kappa shape index (κ1) is 60.4. The van der Waals surface area contributed by atoms with Crippen LogP contribution >= 0.6 is 0 Å². The van der Waals surface area contributed by atoms with Crippen LogP contribution in [0.1, 0.15) is 311 Å². The van der Waals surface area contributed by atoms with Gasteiger partial charge in [-0.3, -0.25) is 14.4 Å². The molecule has 0 unspecified atom stereocenters. The lowest BCUT2D eigenvalue weighted by Crippen LogP contribution is -2.30. The van der Waals surface area contributed by atoms with Crippen molar-refractivity contribution >= 4 is 17.9 Å². The second kappa shape index (κ2) is 48.9. The third-order valence-electron chi connectivity index (χ3n) is 12.7. The molecular formula is C56H108O6. The Hall–Kier alpha value is -1.59. The van der Waals surface area contributed by atoms with Crippen molar-refractivity contribution < 1.29 is 28.6 Å². The number of hydrogen-bond donors (Lipinski definition) is 0. The van der Waals surface area contributed by atoms with E-state index in [0.717, 1.165) is 69.6 Å². The van der Waals surface area contributed by atoms with E-state index in [-0.39, 0.29) is 31.1 Å². The minimum atomic E-state index is -0.762. The quantitative estimate of drug-likeness (QED) is 0.0344. The monoisotopic (exact) mass is 877 g/mol. The average Bonchev–Trinajstić information content (AvgIpc) is 3.24. The van der Waals surface area contributed by atoms with Crippen LogP contribution in [0.4, 0.5) is 0 Å². The van der Waals surface area contributed by atoms with Crippen LogP contribution in [0.15, 0.2) is 0 Å². The summed E-state index contributed by atoms with van der Waals surface area (Å²) < 4.78 is 16.9. The maximum atomic E-state index is 12.8. The second-order valence-corrected chi connectivity index (χ2v) is 20.2. The minimum absolute atomic E-state index is 0.0630. The molecule has 0 rings (SSSR count). The van der Waals surface area contributed by atoms with Crippen LogP contribution < -0.4 is 0 Å². The SMILES string of the molecule is CCCCCCCCCCCCCCCCCC(=O)OC[C@H](COC(=O)CCCCCCCCCCCCC(C)C)OC(=O)CCCCCCCCCCCCCCCC(C)C. The maximum absolute atomic E-state index is 12.8. The number of esters is 3. The number of carbonyl (C=O) groups is 3. The average molecular weight is 877 g/mol. The lowest BCUT2D eigenvalue weighted by atomic mass is 10.0. The first-order chi connectivity index (χ1) is 30.2. The molecule has 0 aliphatic rings. The van der Waals surface area contributed by atoms with E-state index in [1.54, 1.807) is 0 Å². The Bertz CT molecular complexity index is 947. The van der Waals surface area contributed by atoms with Gasteiger partial charge in [-0.15, -0.1) is 0 Å². The van der Waals surface area contributed by atoms with Crippen molar-refractivity contribution in [2.24, 2.45) is 11.8 Å².